The number of hydrogen-bond acceptors (Lipinski definition) is 2. The lowest BCUT2D eigenvalue weighted by Gasteiger charge is -2.11. The summed E-state index contributed by atoms with van der Waals surface area (Å²) in [6, 6.07) is 10.2. The van der Waals surface area contributed by atoms with Crippen LogP contribution < -0.4 is 5.32 Å². The van der Waals surface area contributed by atoms with Crippen LogP contribution in [0.4, 0.5) is 0 Å². The molecule has 23 heavy (non-hydrogen) atoms. The number of carbonyl (C=O) groups excluding carboxylic acids is 1. The van der Waals surface area contributed by atoms with E-state index in [-0.39, 0.29) is 5.91 Å². The molecule has 2 rings (SSSR count). The van der Waals surface area contributed by atoms with Crippen LogP contribution in [-0.4, -0.2) is 15.5 Å². The molecular weight excluding hydrogens is 286 g/mol. The van der Waals surface area contributed by atoms with Gasteiger partial charge in [0.1, 0.15) is 5.82 Å². The first-order valence-corrected chi connectivity index (χ1v) is 7.66. The van der Waals surface area contributed by atoms with E-state index in [9.17, 15) is 4.79 Å². The quantitative estimate of drug-likeness (QED) is 0.631. The molecule has 1 amide bonds. The highest BCUT2D eigenvalue weighted by atomic mass is 16.1. The fourth-order valence-corrected chi connectivity index (χ4v) is 2.40. The van der Waals surface area contributed by atoms with Crippen LogP contribution >= 0.6 is 0 Å². The fraction of sp³-hybridized carbons (Fsp3) is 0.263. The minimum absolute atomic E-state index is 0.151. The number of carbonyl (C=O) groups is 1. The number of nitrogens with one attached hydrogen (secondary N) is 1. The first kappa shape index (κ1) is 16.7. The maximum absolute atomic E-state index is 11.7. The minimum Gasteiger partial charge on any atom is -0.345 e. The van der Waals surface area contributed by atoms with E-state index in [1.54, 1.807) is 6.92 Å². The molecule has 0 atom stereocenters. The third-order valence-corrected chi connectivity index (χ3v) is 3.71. The Hall–Kier alpha value is -2.62. The van der Waals surface area contributed by atoms with Crippen molar-refractivity contribution in [2.45, 2.75) is 33.4 Å². The lowest BCUT2D eigenvalue weighted by molar-refractivity contribution is -0.117. The molecule has 0 unspecified atom stereocenters. The van der Waals surface area contributed by atoms with Gasteiger partial charge in [0, 0.05) is 24.2 Å². The molecule has 0 fully saturated rings. The number of nitrogens with zero attached hydrogens (tertiary/aromatic N) is 2. The van der Waals surface area contributed by atoms with Gasteiger partial charge in [-0.15, -0.1) is 6.58 Å². The van der Waals surface area contributed by atoms with Crippen molar-refractivity contribution >= 4 is 5.91 Å². The van der Waals surface area contributed by atoms with Crippen molar-refractivity contribution in [2.24, 2.45) is 0 Å². The van der Waals surface area contributed by atoms with Crippen LogP contribution in [0.25, 0.3) is 0 Å². The number of imidazole rings is 1. The Bertz CT molecular complexity index is 714. The molecule has 0 bridgehead atoms. The number of aromatic nitrogens is 2. The van der Waals surface area contributed by atoms with Gasteiger partial charge in [0.2, 0.25) is 5.91 Å². The highest BCUT2D eigenvalue weighted by Crippen LogP contribution is 2.15. The van der Waals surface area contributed by atoms with Crippen LogP contribution in [0.1, 0.15) is 29.7 Å². The first-order chi connectivity index (χ1) is 11.0. The zero-order valence-electron chi connectivity index (χ0n) is 13.8. The zero-order valence-corrected chi connectivity index (χ0v) is 13.8. The molecule has 4 nitrogen and oxygen atoms in total. The van der Waals surface area contributed by atoms with Crippen LogP contribution in [0.15, 0.2) is 55.1 Å². The summed E-state index contributed by atoms with van der Waals surface area (Å²) in [6.07, 6.45) is 2.56. The Morgan fingerprint density at radius 1 is 1.35 bits per heavy atom. The highest BCUT2D eigenvalue weighted by molar-refractivity contribution is 5.91. The van der Waals surface area contributed by atoms with Gasteiger partial charge in [-0.05, 0) is 19.4 Å². The predicted octanol–water partition coefficient (Wildman–Crippen LogP) is 3.16. The van der Waals surface area contributed by atoms with Crippen LogP contribution in [0, 0.1) is 6.92 Å². The molecule has 0 radical (unpaired) electrons. The summed E-state index contributed by atoms with van der Waals surface area (Å²) in [5.74, 6) is 0.694. The number of benzene rings is 1. The van der Waals surface area contributed by atoms with Gasteiger partial charge in [0.25, 0.3) is 0 Å². The third kappa shape index (κ3) is 4.19. The van der Waals surface area contributed by atoms with Crippen molar-refractivity contribution < 1.29 is 4.79 Å². The fourth-order valence-electron chi connectivity index (χ4n) is 2.40. The summed E-state index contributed by atoms with van der Waals surface area (Å²) < 4.78 is 2.15. The molecular formula is C19H23N3O. The van der Waals surface area contributed by atoms with Gasteiger partial charge in [-0.25, -0.2) is 4.98 Å². The molecule has 0 aliphatic heterocycles. The van der Waals surface area contributed by atoms with E-state index in [1.807, 2.05) is 24.3 Å². The summed E-state index contributed by atoms with van der Waals surface area (Å²) in [4.78, 5) is 16.4. The lowest BCUT2D eigenvalue weighted by atomic mass is 10.2. The van der Waals surface area contributed by atoms with Crippen molar-refractivity contribution in [1.29, 1.82) is 0 Å². The summed E-state index contributed by atoms with van der Waals surface area (Å²) in [5, 5.41) is 2.86. The number of amides is 1. The molecule has 0 saturated heterocycles. The van der Waals surface area contributed by atoms with Crippen molar-refractivity contribution in [3.63, 3.8) is 0 Å². The highest BCUT2D eigenvalue weighted by Gasteiger charge is 2.14. The van der Waals surface area contributed by atoms with Crippen LogP contribution in [0.2, 0.25) is 0 Å². The van der Waals surface area contributed by atoms with Gasteiger partial charge >= 0.3 is 0 Å². The lowest BCUT2D eigenvalue weighted by Crippen LogP contribution is -2.25. The summed E-state index contributed by atoms with van der Waals surface area (Å²) in [7, 11) is 0. The van der Waals surface area contributed by atoms with E-state index in [0.717, 1.165) is 30.2 Å². The van der Waals surface area contributed by atoms with Crippen molar-refractivity contribution in [3.05, 3.63) is 77.9 Å². The summed E-state index contributed by atoms with van der Waals surface area (Å²) >= 11 is 0. The van der Waals surface area contributed by atoms with E-state index in [1.165, 1.54) is 5.56 Å². The Morgan fingerprint density at radius 2 is 2.04 bits per heavy atom. The summed E-state index contributed by atoms with van der Waals surface area (Å²) in [5.41, 5.74) is 3.80. The minimum atomic E-state index is -0.151. The molecule has 1 aromatic heterocycles. The van der Waals surface area contributed by atoms with Gasteiger partial charge < -0.3 is 9.88 Å². The van der Waals surface area contributed by atoms with E-state index < -0.39 is 0 Å². The standard InChI is InChI=1S/C19H23N3O/c1-5-9-17-15(4)22(13-16-10-7-6-8-11-16)18(21-17)12-20-19(23)14(2)3/h5-8,10-11H,1-2,9,12-13H2,3-4H3,(H,20,23). The van der Waals surface area contributed by atoms with E-state index in [0.29, 0.717) is 12.1 Å². The zero-order chi connectivity index (χ0) is 16.8. The summed E-state index contributed by atoms with van der Waals surface area (Å²) in [6.45, 7) is 12.3. The Kier molecular flexibility index (Phi) is 5.52. The van der Waals surface area contributed by atoms with Crippen molar-refractivity contribution in [2.75, 3.05) is 0 Å². The molecule has 4 heteroatoms. The Morgan fingerprint density at radius 3 is 2.65 bits per heavy atom. The van der Waals surface area contributed by atoms with Crippen molar-refractivity contribution in [1.82, 2.24) is 14.9 Å². The van der Waals surface area contributed by atoms with Crippen LogP contribution in [0.5, 0.6) is 0 Å². The van der Waals surface area contributed by atoms with Crippen molar-refractivity contribution in [3.8, 4) is 0 Å². The molecule has 1 heterocycles. The van der Waals surface area contributed by atoms with Crippen LogP contribution in [-0.2, 0) is 24.3 Å². The Labute approximate surface area is 137 Å². The van der Waals surface area contributed by atoms with E-state index in [4.69, 9.17) is 0 Å². The van der Waals surface area contributed by atoms with Gasteiger partial charge in [-0.3, -0.25) is 4.79 Å². The maximum Gasteiger partial charge on any atom is 0.246 e. The number of hydrogen-bond donors (Lipinski definition) is 1. The third-order valence-electron chi connectivity index (χ3n) is 3.71. The van der Waals surface area contributed by atoms with E-state index in [2.05, 4.69) is 47.1 Å². The number of rotatable bonds is 7. The maximum atomic E-state index is 11.7. The second-order valence-corrected chi connectivity index (χ2v) is 5.59. The number of allylic oxidation sites excluding steroid dienone is 1. The van der Waals surface area contributed by atoms with Gasteiger partial charge in [0.05, 0.1) is 12.2 Å². The molecule has 1 aromatic carbocycles. The van der Waals surface area contributed by atoms with Gasteiger partial charge in [0.15, 0.2) is 0 Å². The largest absolute Gasteiger partial charge is 0.345 e. The smallest absolute Gasteiger partial charge is 0.246 e. The molecule has 2 aromatic rings. The van der Waals surface area contributed by atoms with Gasteiger partial charge in [-0.1, -0.05) is 43.0 Å². The second-order valence-electron chi connectivity index (χ2n) is 5.59. The van der Waals surface area contributed by atoms with Gasteiger partial charge in [-0.2, -0.15) is 0 Å². The molecule has 120 valence electrons. The van der Waals surface area contributed by atoms with E-state index >= 15 is 0 Å². The topological polar surface area (TPSA) is 46.9 Å². The monoisotopic (exact) mass is 309 g/mol. The van der Waals surface area contributed by atoms with Crippen LogP contribution in [0.3, 0.4) is 0 Å². The Balaban J connectivity index is 2.28. The average Bonchev–Trinajstić information content (AvgIpc) is 2.83. The normalized spacial score (nSPS) is 10.3. The molecule has 0 aliphatic rings. The second kappa shape index (κ2) is 7.58. The molecule has 0 aliphatic carbocycles. The SMILES string of the molecule is C=CCc1nc(CNC(=O)C(=C)C)n(Cc2ccccc2)c1C. The predicted molar refractivity (Wildman–Crippen MR) is 93.1 cm³/mol. The average molecular weight is 309 g/mol. The molecule has 1 N–H and O–H groups in total. The first-order valence-electron chi connectivity index (χ1n) is 7.66. The molecule has 0 saturated carbocycles. The molecule has 0 spiro atoms.